The smallest absolute Gasteiger partial charge is 0.242 e. The van der Waals surface area contributed by atoms with Crippen molar-refractivity contribution in [3.05, 3.63) is 40.6 Å². The third-order valence-electron chi connectivity index (χ3n) is 5.94. The molecule has 0 bridgehead atoms. The lowest BCUT2D eigenvalue weighted by atomic mass is 9.99. The molecule has 31 heavy (non-hydrogen) atoms. The van der Waals surface area contributed by atoms with Crippen molar-refractivity contribution >= 4 is 44.5 Å². The fourth-order valence-corrected chi connectivity index (χ4v) is 4.46. The third kappa shape index (κ3) is 3.61. The van der Waals surface area contributed by atoms with Gasteiger partial charge in [0.05, 0.1) is 17.3 Å². The number of anilines is 2. The Bertz CT molecular complexity index is 1180. The van der Waals surface area contributed by atoms with Crippen LogP contribution >= 0.6 is 15.9 Å². The Morgan fingerprint density at radius 1 is 1.32 bits per heavy atom. The molecule has 9 nitrogen and oxygen atoms in total. The summed E-state index contributed by atoms with van der Waals surface area (Å²) in [6.07, 6.45) is 5.52. The quantitative estimate of drug-likeness (QED) is 0.496. The first-order valence-electron chi connectivity index (χ1n) is 10.1. The number of nitrogen functional groups attached to an aromatic ring is 1. The molecule has 0 spiro atoms. The molecule has 162 valence electrons. The molecule has 0 unspecified atom stereocenters. The van der Waals surface area contributed by atoms with E-state index in [0.29, 0.717) is 47.3 Å². The molecule has 1 saturated carbocycles. The summed E-state index contributed by atoms with van der Waals surface area (Å²) in [6, 6.07) is 3.39. The second-order valence-corrected chi connectivity index (χ2v) is 9.03. The minimum Gasteiger partial charge on any atom is -0.382 e. The van der Waals surface area contributed by atoms with Gasteiger partial charge in [0.25, 0.3) is 0 Å². The largest absolute Gasteiger partial charge is 0.382 e. The lowest BCUT2D eigenvalue weighted by Gasteiger charge is -2.26. The van der Waals surface area contributed by atoms with Crippen molar-refractivity contribution in [3.63, 3.8) is 0 Å². The number of halogens is 2. The van der Waals surface area contributed by atoms with Crippen LogP contribution in [0.2, 0.25) is 0 Å². The number of carbonyl (C=O) groups is 1. The number of hydrogen-bond acceptors (Lipinski definition) is 7. The molecule has 2 fully saturated rings. The molecule has 1 amide bonds. The minimum absolute atomic E-state index is 0.118. The number of hydrogen-bond donors (Lipinski definition) is 3. The molecule has 11 heteroatoms. The van der Waals surface area contributed by atoms with E-state index in [4.69, 9.17) is 11.5 Å². The average Bonchev–Trinajstić information content (AvgIpc) is 3.32. The molecule has 5 N–H and O–H groups in total. The van der Waals surface area contributed by atoms with Crippen LogP contribution in [0.25, 0.3) is 11.2 Å². The van der Waals surface area contributed by atoms with Crippen molar-refractivity contribution < 1.29 is 9.18 Å². The fraction of sp³-hybridized carbons (Fsp3) is 0.400. The molecule has 1 atom stereocenters. The van der Waals surface area contributed by atoms with Gasteiger partial charge in [-0.25, -0.2) is 19.3 Å². The second kappa shape index (κ2) is 7.41. The maximum Gasteiger partial charge on any atom is 0.242 e. The van der Waals surface area contributed by atoms with Gasteiger partial charge in [-0.15, -0.1) is 0 Å². The first kappa shape index (κ1) is 20.1. The predicted octanol–water partition coefficient (Wildman–Crippen LogP) is 1.54. The SMILES string of the molecule is Nc1ncnc2c1ncn2Cc1c(N2CC[C@](N)(C(=O)NC3CC3)C2)ccc(F)c1Br. The number of amides is 1. The third-order valence-corrected chi connectivity index (χ3v) is 6.79. The molecule has 1 aliphatic heterocycles. The van der Waals surface area contributed by atoms with Crippen molar-refractivity contribution in [3.8, 4) is 0 Å². The number of aromatic nitrogens is 4. The van der Waals surface area contributed by atoms with Gasteiger partial charge in [-0.1, -0.05) is 0 Å². The molecule has 1 aliphatic carbocycles. The molecule has 2 aliphatic rings. The molecule has 3 aromatic rings. The molecule has 1 saturated heterocycles. The first-order valence-corrected chi connectivity index (χ1v) is 10.9. The number of rotatable bonds is 5. The van der Waals surface area contributed by atoms with E-state index in [-0.39, 0.29) is 23.6 Å². The maximum absolute atomic E-state index is 14.5. The van der Waals surface area contributed by atoms with E-state index in [0.717, 1.165) is 18.5 Å². The van der Waals surface area contributed by atoms with Crippen molar-refractivity contribution in [1.29, 1.82) is 0 Å². The van der Waals surface area contributed by atoms with E-state index in [2.05, 4.69) is 36.2 Å². The van der Waals surface area contributed by atoms with Gasteiger partial charge >= 0.3 is 0 Å². The number of imidazole rings is 1. The lowest BCUT2D eigenvalue weighted by Crippen LogP contribution is -2.56. The van der Waals surface area contributed by atoms with Gasteiger partial charge in [0, 0.05) is 30.4 Å². The molecular weight excluding hydrogens is 467 g/mol. The fourth-order valence-electron chi connectivity index (χ4n) is 3.99. The van der Waals surface area contributed by atoms with Crippen LogP contribution in [0.15, 0.2) is 29.3 Å². The van der Waals surface area contributed by atoms with Crippen molar-refractivity contribution in [2.24, 2.45) is 5.73 Å². The van der Waals surface area contributed by atoms with Gasteiger partial charge < -0.3 is 26.3 Å². The van der Waals surface area contributed by atoms with Crippen LogP contribution in [0, 0.1) is 5.82 Å². The molecule has 2 aromatic heterocycles. The van der Waals surface area contributed by atoms with E-state index in [9.17, 15) is 9.18 Å². The van der Waals surface area contributed by atoms with E-state index >= 15 is 0 Å². The Morgan fingerprint density at radius 2 is 2.13 bits per heavy atom. The molecule has 0 radical (unpaired) electrons. The highest BCUT2D eigenvalue weighted by molar-refractivity contribution is 9.10. The maximum atomic E-state index is 14.5. The van der Waals surface area contributed by atoms with E-state index in [1.54, 1.807) is 17.0 Å². The van der Waals surface area contributed by atoms with Crippen LogP contribution in [-0.2, 0) is 11.3 Å². The van der Waals surface area contributed by atoms with E-state index in [1.165, 1.54) is 12.4 Å². The monoisotopic (exact) mass is 488 g/mol. The van der Waals surface area contributed by atoms with Crippen molar-refractivity contribution in [1.82, 2.24) is 24.8 Å². The summed E-state index contributed by atoms with van der Waals surface area (Å²) in [4.78, 5) is 27.2. The molecular formula is C20H22BrFN8O. The van der Waals surface area contributed by atoms with Gasteiger partial charge in [-0.05, 0) is 47.3 Å². The summed E-state index contributed by atoms with van der Waals surface area (Å²) in [6.45, 7) is 1.26. The summed E-state index contributed by atoms with van der Waals surface area (Å²) in [7, 11) is 0. The summed E-state index contributed by atoms with van der Waals surface area (Å²) >= 11 is 3.40. The minimum atomic E-state index is -0.968. The number of fused-ring (bicyclic) bond motifs is 1. The average molecular weight is 489 g/mol. The number of carbonyl (C=O) groups excluding carboxylic acids is 1. The van der Waals surface area contributed by atoms with Gasteiger partial charge in [0.1, 0.15) is 23.2 Å². The highest BCUT2D eigenvalue weighted by Gasteiger charge is 2.43. The number of nitrogens with two attached hydrogens (primary N) is 2. The number of benzene rings is 1. The second-order valence-electron chi connectivity index (χ2n) is 8.24. The van der Waals surface area contributed by atoms with E-state index < -0.39 is 5.54 Å². The highest BCUT2D eigenvalue weighted by Crippen LogP contribution is 2.35. The first-order chi connectivity index (χ1) is 14.9. The lowest BCUT2D eigenvalue weighted by molar-refractivity contribution is -0.125. The zero-order valence-corrected chi connectivity index (χ0v) is 18.3. The highest BCUT2D eigenvalue weighted by atomic mass is 79.9. The van der Waals surface area contributed by atoms with Crippen molar-refractivity contribution in [2.75, 3.05) is 23.7 Å². The molecule has 5 rings (SSSR count). The Hall–Kier alpha value is -2.79. The Balaban J connectivity index is 1.47. The summed E-state index contributed by atoms with van der Waals surface area (Å²) < 4.78 is 16.6. The number of nitrogens with zero attached hydrogens (tertiary/aromatic N) is 5. The topological polar surface area (TPSA) is 128 Å². The summed E-state index contributed by atoms with van der Waals surface area (Å²) in [5.41, 5.74) is 14.0. The van der Waals surface area contributed by atoms with Gasteiger partial charge in [-0.2, -0.15) is 0 Å². The zero-order valence-electron chi connectivity index (χ0n) is 16.7. The van der Waals surface area contributed by atoms with Crippen LogP contribution in [0.3, 0.4) is 0 Å². The number of nitrogens with one attached hydrogen (secondary N) is 1. The summed E-state index contributed by atoms with van der Waals surface area (Å²) in [5, 5.41) is 3.01. The normalized spacial score (nSPS) is 21.1. The van der Waals surface area contributed by atoms with Crippen LogP contribution in [0.4, 0.5) is 15.9 Å². The van der Waals surface area contributed by atoms with Crippen LogP contribution in [0.1, 0.15) is 24.8 Å². The standard InChI is InChI=1S/C20H22BrFN8O/c21-15-12(7-30-10-27-16-17(23)25-9-26-18(16)30)14(4-3-13(15)22)29-6-5-20(24,8-29)19(31)28-11-1-2-11/h3-4,9-11H,1-2,5-8,24H2,(H,28,31)(H2,23,25,26)/t20-/m1/s1. The Labute approximate surface area is 186 Å². The van der Waals surface area contributed by atoms with E-state index in [1.807, 2.05) is 4.90 Å². The van der Waals surface area contributed by atoms with Crippen LogP contribution in [-0.4, -0.2) is 50.1 Å². The summed E-state index contributed by atoms with van der Waals surface area (Å²) in [5.74, 6) is -0.202. The van der Waals surface area contributed by atoms with Gasteiger partial charge in [-0.3, -0.25) is 4.79 Å². The predicted molar refractivity (Wildman–Crippen MR) is 118 cm³/mol. The molecule has 1 aromatic carbocycles. The zero-order chi connectivity index (χ0) is 21.8. The van der Waals surface area contributed by atoms with Gasteiger partial charge in [0.15, 0.2) is 11.5 Å². The Kier molecular flexibility index (Phi) is 4.82. The Morgan fingerprint density at radius 3 is 2.90 bits per heavy atom. The van der Waals surface area contributed by atoms with Gasteiger partial charge in [0.2, 0.25) is 5.91 Å². The van der Waals surface area contributed by atoms with Crippen molar-refractivity contribution in [2.45, 2.75) is 37.4 Å². The van der Waals surface area contributed by atoms with Crippen LogP contribution < -0.4 is 21.7 Å². The van der Waals surface area contributed by atoms with Crippen LogP contribution in [0.5, 0.6) is 0 Å². The molecule has 3 heterocycles.